The molecule has 3 N–H and O–H groups in total. The maximum absolute atomic E-state index is 11.5. The molecule has 1 aromatic rings. The van der Waals surface area contributed by atoms with Gasteiger partial charge in [0.25, 0.3) is 0 Å². The van der Waals surface area contributed by atoms with Gasteiger partial charge in [0.2, 0.25) is 5.91 Å². The van der Waals surface area contributed by atoms with Gasteiger partial charge < -0.3 is 15.5 Å². The number of aliphatic hydroxyl groups is 1. The van der Waals surface area contributed by atoms with Crippen LogP contribution >= 0.6 is 11.3 Å². The molecule has 0 bridgehead atoms. The zero-order valence-corrected chi connectivity index (χ0v) is 9.37. The van der Waals surface area contributed by atoms with Crippen molar-refractivity contribution in [2.75, 3.05) is 6.61 Å². The normalized spacial score (nSPS) is 12.1. The highest BCUT2D eigenvalue weighted by Gasteiger charge is 2.19. The third-order valence-electron chi connectivity index (χ3n) is 1.97. The van der Waals surface area contributed by atoms with Crippen LogP contribution in [0.15, 0.2) is 17.5 Å². The van der Waals surface area contributed by atoms with Gasteiger partial charge in [0, 0.05) is 17.9 Å². The van der Waals surface area contributed by atoms with E-state index in [2.05, 4.69) is 5.32 Å². The van der Waals surface area contributed by atoms with E-state index in [1.54, 1.807) is 0 Å². The molecule has 0 aromatic carbocycles. The summed E-state index contributed by atoms with van der Waals surface area (Å²) in [5, 5.41) is 21.6. The van der Waals surface area contributed by atoms with Crippen molar-refractivity contribution in [1.82, 2.24) is 5.32 Å². The van der Waals surface area contributed by atoms with Crippen LogP contribution in [0.2, 0.25) is 0 Å². The predicted molar refractivity (Wildman–Crippen MR) is 59.3 cm³/mol. The van der Waals surface area contributed by atoms with Gasteiger partial charge in [0.15, 0.2) is 0 Å². The molecule has 0 aliphatic rings. The molecule has 0 saturated heterocycles. The molecule has 0 aliphatic heterocycles. The molecule has 1 rings (SSSR count). The number of rotatable bonds is 6. The van der Waals surface area contributed by atoms with Crippen LogP contribution in [0.3, 0.4) is 0 Å². The van der Waals surface area contributed by atoms with E-state index in [0.29, 0.717) is 0 Å². The summed E-state index contributed by atoms with van der Waals surface area (Å²) in [6, 6.07) is 2.62. The molecular weight excluding hydrogens is 230 g/mol. The van der Waals surface area contributed by atoms with Crippen molar-refractivity contribution in [1.29, 1.82) is 0 Å². The molecule has 1 aromatic heterocycles. The van der Waals surface area contributed by atoms with Crippen molar-refractivity contribution < 1.29 is 19.8 Å². The predicted octanol–water partition coefficient (Wildman–Crippen LogP) is 0.242. The Balaban J connectivity index is 2.45. The van der Waals surface area contributed by atoms with E-state index in [1.807, 2.05) is 17.5 Å². The fourth-order valence-electron chi connectivity index (χ4n) is 1.20. The SMILES string of the molecule is O=C(Cc1cccs1)N[C@H](CCO)C(=O)O. The van der Waals surface area contributed by atoms with Gasteiger partial charge in [0.05, 0.1) is 6.42 Å². The second-order valence-corrected chi connectivity index (χ2v) is 4.26. The lowest BCUT2D eigenvalue weighted by molar-refractivity contribution is -0.142. The maximum atomic E-state index is 11.5. The van der Waals surface area contributed by atoms with Crippen LogP contribution in [0.5, 0.6) is 0 Å². The molecule has 5 nitrogen and oxygen atoms in total. The smallest absolute Gasteiger partial charge is 0.326 e. The average Bonchev–Trinajstić information content (AvgIpc) is 2.69. The van der Waals surface area contributed by atoms with Crippen molar-refractivity contribution in [3.05, 3.63) is 22.4 Å². The molecule has 1 heterocycles. The van der Waals surface area contributed by atoms with E-state index in [0.717, 1.165) is 4.88 Å². The first-order valence-corrected chi connectivity index (χ1v) is 5.67. The lowest BCUT2D eigenvalue weighted by Gasteiger charge is -2.12. The van der Waals surface area contributed by atoms with Crippen LogP contribution in [0.1, 0.15) is 11.3 Å². The molecule has 1 atom stereocenters. The minimum absolute atomic E-state index is 0.0194. The molecule has 16 heavy (non-hydrogen) atoms. The second-order valence-electron chi connectivity index (χ2n) is 3.23. The fourth-order valence-corrected chi connectivity index (χ4v) is 1.91. The quantitative estimate of drug-likeness (QED) is 0.668. The monoisotopic (exact) mass is 243 g/mol. The van der Waals surface area contributed by atoms with Crippen LogP contribution in [0.25, 0.3) is 0 Å². The summed E-state index contributed by atoms with van der Waals surface area (Å²) in [4.78, 5) is 23.0. The number of carbonyl (C=O) groups excluding carboxylic acids is 1. The molecule has 6 heteroatoms. The largest absolute Gasteiger partial charge is 0.480 e. The fraction of sp³-hybridized carbons (Fsp3) is 0.400. The van der Waals surface area contributed by atoms with Gasteiger partial charge in [-0.05, 0) is 11.4 Å². The second kappa shape index (κ2) is 6.24. The van der Waals surface area contributed by atoms with Crippen LogP contribution < -0.4 is 5.32 Å². The van der Waals surface area contributed by atoms with Crippen LogP contribution in [0, 0.1) is 0 Å². The van der Waals surface area contributed by atoms with Crippen molar-refractivity contribution in [2.24, 2.45) is 0 Å². The summed E-state index contributed by atoms with van der Waals surface area (Å²) in [6.45, 7) is -0.268. The summed E-state index contributed by atoms with van der Waals surface area (Å²) >= 11 is 1.44. The van der Waals surface area contributed by atoms with E-state index in [9.17, 15) is 9.59 Å². The summed E-state index contributed by atoms with van der Waals surface area (Å²) in [6.07, 6.45) is 0.193. The molecule has 1 amide bonds. The number of hydrogen-bond donors (Lipinski definition) is 3. The minimum atomic E-state index is -1.13. The molecule has 0 unspecified atom stereocenters. The highest BCUT2D eigenvalue weighted by Crippen LogP contribution is 2.09. The summed E-state index contributed by atoms with van der Waals surface area (Å²) in [7, 11) is 0. The van der Waals surface area contributed by atoms with Crippen LogP contribution in [-0.4, -0.2) is 34.7 Å². The van der Waals surface area contributed by atoms with Crippen molar-refractivity contribution in [3.63, 3.8) is 0 Å². The Hall–Kier alpha value is -1.40. The van der Waals surface area contributed by atoms with Gasteiger partial charge in [-0.2, -0.15) is 0 Å². The molecule has 0 aliphatic carbocycles. The molecule has 88 valence electrons. The number of hydrogen-bond acceptors (Lipinski definition) is 4. The van der Waals surface area contributed by atoms with Gasteiger partial charge in [-0.1, -0.05) is 6.07 Å². The van der Waals surface area contributed by atoms with Gasteiger partial charge in [-0.15, -0.1) is 11.3 Å². The third kappa shape index (κ3) is 4.00. The number of carboxylic acid groups (broad SMARTS) is 1. The van der Waals surface area contributed by atoms with Crippen molar-refractivity contribution >= 4 is 23.2 Å². The van der Waals surface area contributed by atoms with Crippen molar-refractivity contribution in [2.45, 2.75) is 18.9 Å². The molecule has 0 saturated carbocycles. The number of aliphatic hydroxyl groups excluding tert-OH is 1. The van der Waals surface area contributed by atoms with E-state index >= 15 is 0 Å². The zero-order valence-electron chi connectivity index (χ0n) is 8.55. The summed E-state index contributed by atoms with van der Waals surface area (Å²) in [5.74, 6) is -1.48. The van der Waals surface area contributed by atoms with E-state index in [-0.39, 0.29) is 25.4 Å². The molecule has 0 radical (unpaired) electrons. The van der Waals surface area contributed by atoms with E-state index < -0.39 is 12.0 Å². The number of aliphatic carboxylic acids is 1. The number of carboxylic acids is 1. The van der Waals surface area contributed by atoms with Gasteiger partial charge >= 0.3 is 5.97 Å². The Morgan fingerprint density at radius 3 is 2.75 bits per heavy atom. The minimum Gasteiger partial charge on any atom is -0.480 e. The Kier molecular flexibility index (Phi) is 4.94. The lowest BCUT2D eigenvalue weighted by atomic mass is 10.2. The number of amides is 1. The Morgan fingerprint density at radius 1 is 1.50 bits per heavy atom. The van der Waals surface area contributed by atoms with Crippen molar-refractivity contribution in [3.8, 4) is 0 Å². The van der Waals surface area contributed by atoms with Crippen LogP contribution in [0.4, 0.5) is 0 Å². The molecular formula is C10H13NO4S. The van der Waals surface area contributed by atoms with E-state index in [4.69, 9.17) is 10.2 Å². The Labute approximate surface area is 96.7 Å². The highest BCUT2D eigenvalue weighted by molar-refractivity contribution is 7.10. The standard InChI is InChI=1S/C10H13NO4S/c12-4-3-8(10(14)15)11-9(13)6-7-2-1-5-16-7/h1-2,5,8,12H,3-4,6H2,(H,11,13)(H,14,15)/t8-/m1/s1. The maximum Gasteiger partial charge on any atom is 0.326 e. The van der Waals surface area contributed by atoms with Crippen LogP contribution in [-0.2, 0) is 16.0 Å². The number of thiophene rings is 1. The van der Waals surface area contributed by atoms with Gasteiger partial charge in [-0.3, -0.25) is 4.79 Å². The first-order valence-electron chi connectivity index (χ1n) is 4.79. The molecule has 0 fully saturated rings. The number of nitrogens with one attached hydrogen (secondary N) is 1. The van der Waals surface area contributed by atoms with Gasteiger partial charge in [-0.25, -0.2) is 4.79 Å². The first kappa shape index (κ1) is 12.7. The topological polar surface area (TPSA) is 86.6 Å². The Bertz CT molecular complexity index is 350. The average molecular weight is 243 g/mol. The summed E-state index contributed by atoms with van der Waals surface area (Å²) < 4.78 is 0. The van der Waals surface area contributed by atoms with Gasteiger partial charge in [0.1, 0.15) is 6.04 Å². The molecule has 0 spiro atoms. The summed E-state index contributed by atoms with van der Waals surface area (Å²) in [5.41, 5.74) is 0. The van der Waals surface area contributed by atoms with E-state index in [1.165, 1.54) is 11.3 Å². The first-order chi connectivity index (χ1) is 7.63. The third-order valence-corrected chi connectivity index (χ3v) is 2.84. The highest BCUT2D eigenvalue weighted by atomic mass is 32.1. The lowest BCUT2D eigenvalue weighted by Crippen LogP contribution is -2.42. The number of carbonyl (C=O) groups is 2. The Morgan fingerprint density at radius 2 is 2.25 bits per heavy atom. The zero-order chi connectivity index (χ0) is 12.0.